The first-order valence-corrected chi connectivity index (χ1v) is 8.69. The quantitative estimate of drug-likeness (QED) is 0.706. The molecule has 1 N–H and O–H groups in total. The molecule has 126 valence electrons. The number of fused-ring (bicyclic) bond motifs is 1. The Kier molecular flexibility index (Phi) is 6.87. The molecule has 0 aromatic heterocycles. The van der Waals surface area contributed by atoms with Crippen molar-refractivity contribution in [3.63, 3.8) is 0 Å². The van der Waals surface area contributed by atoms with Gasteiger partial charge in [-0.1, -0.05) is 24.3 Å². The molecule has 2 rings (SSSR count). The number of rotatable bonds is 9. The topological polar surface area (TPSA) is 26.7 Å². The summed E-state index contributed by atoms with van der Waals surface area (Å²) < 4.78 is 0. The normalized spacial score (nSPS) is 15.3. The molecule has 1 unspecified atom stereocenters. The van der Waals surface area contributed by atoms with Gasteiger partial charge in [-0.25, -0.2) is 0 Å². The third kappa shape index (κ3) is 4.69. The molecule has 1 aliphatic heterocycles. The minimum absolute atomic E-state index is 0.408. The van der Waals surface area contributed by atoms with Gasteiger partial charge in [0, 0.05) is 38.4 Å². The van der Waals surface area contributed by atoms with Gasteiger partial charge in [-0.05, 0) is 43.4 Å². The Morgan fingerprint density at radius 3 is 2.70 bits per heavy atom. The second-order valence-corrected chi connectivity index (χ2v) is 6.21. The highest BCUT2D eigenvalue weighted by atomic mass is 16.3. The number of benzene rings is 1. The summed E-state index contributed by atoms with van der Waals surface area (Å²) in [5, 5.41) is 10.5. The van der Waals surface area contributed by atoms with Crippen molar-refractivity contribution in [1.82, 2.24) is 4.90 Å². The third-order valence-electron chi connectivity index (χ3n) is 4.58. The minimum atomic E-state index is -0.408. The fraction of sp³-hybridized carbons (Fsp3) is 0.500. The van der Waals surface area contributed by atoms with E-state index in [9.17, 15) is 5.11 Å². The molecule has 0 radical (unpaired) electrons. The van der Waals surface area contributed by atoms with Crippen molar-refractivity contribution in [3.8, 4) is 0 Å². The Bertz CT molecular complexity index is 516. The zero-order valence-electron chi connectivity index (χ0n) is 14.4. The molecule has 0 amide bonds. The van der Waals surface area contributed by atoms with Crippen molar-refractivity contribution >= 4 is 5.69 Å². The van der Waals surface area contributed by atoms with Crippen LogP contribution in [0.4, 0.5) is 5.69 Å². The molecular formula is C20H30N2O. The summed E-state index contributed by atoms with van der Waals surface area (Å²) in [4.78, 5) is 4.66. The standard InChI is InChI=1S/C20H30N2O/c1-4-12-21(13-5-2)15-11-20(23)18-9-10-19-17(16-18)8-7-14-22(19)6-3/h4-5,9-10,16,20,23H,1-2,6-8,11-15H2,3H3. The van der Waals surface area contributed by atoms with Crippen LogP contribution in [-0.2, 0) is 6.42 Å². The molecule has 23 heavy (non-hydrogen) atoms. The third-order valence-corrected chi connectivity index (χ3v) is 4.58. The molecule has 0 aliphatic carbocycles. The van der Waals surface area contributed by atoms with Crippen LogP contribution in [0.5, 0.6) is 0 Å². The van der Waals surface area contributed by atoms with Gasteiger partial charge in [0.15, 0.2) is 0 Å². The van der Waals surface area contributed by atoms with Gasteiger partial charge in [0.05, 0.1) is 6.10 Å². The van der Waals surface area contributed by atoms with Crippen LogP contribution in [0.25, 0.3) is 0 Å². The van der Waals surface area contributed by atoms with Crippen LogP contribution in [0.2, 0.25) is 0 Å². The summed E-state index contributed by atoms with van der Waals surface area (Å²) in [5.74, 6) is 0. The lowest BCUT2D eigenvalue weighted by atomic mass is 9.96. The van der Waals surface area contributed by atoms with E-state index in [1.54, 1.807) is 0 Å². The molecule has 0 saturated heterocycles. The molecule has 0 saturated carbocycles. The van der Waals surface area contributed by atoms with Gasteiger partial charge in [-0.15, -0.1) is 13.2 Å². The second kappa shape index (κ2) is 8.90. The van der Waals surface area contributed by atoms with E-state index in [0.717, 1.165) is 51.1 Å². The zero-order chi connectivity index (χ0) is 16.7. The van der Waals surface area contributed by atoms with Crippen LogP contribution in [0.1, 0.15) is 37.0 Å². The molecule has 3 nitrogen and oxygen atoms in total. The highest BCUT2D eigenvalue weighted by Gasteiger charge is 2.18. The summed E-state index contributed by atoms with van der Waals surface area (Å²) in [6.07, 6.45) is 6.44. The van der Waals surface area contributed by atoms with Crippen molar-refractivity contribution in [2.45, 2.75) is 32.3 Å². The molecule has 1 heterocycles. The molecule has 1 atom stereocenters. The van der Waals surface area contributed by atoms with Crippen molar-refractivity contribution in [2.75, 3.05) is 37.6 Å². The Morgan fingerprint density at radius 2 is 2.04 bits per heavy atom. The van der Waals surface area contributed by atoms with Gasteiger partial charge >= 0.3 is 0 Å². The highest BCUT2D eigenvalue weighted by molar-refractivity contribution is 5.57. The van der Waals surface area contributed by atoms with E-state index < -0.39 is 6.10 Å². The van der Waals surface area contributed by atoms with E-state index in [1.807, 2.05) is 12.2 Å². The minimum Gasteiger partial charge on any atom is -0.388 e. The summed E-state index contributed by atoms with van der Waals surface area (Å²) in [6, 6.07) is 6.47. The van der Waals surface area contributed by atoms with E-state index in [4.69, 9.17) is 0 Å². The first kappa shape index (κ1) is 17.8. The average Bonchev–Trinajstić information content (AvgIpc) is 2.58. The Morgan fingerprint density at radius 1 is 1.30 bits per heavy atom. The summed E-state index contributed by atoms with van der Waals surface area (Å²) >= 11 is 0. The molecule has 1 aliphatic rings. The van der Waals surface area contributed by atoms with Crippen molar-refractivity contribution in [1.29, 1.82) is 0 Å². The van der Waals surface area contributed by atoms with Crippen LogP contribution >= 0.6 is 0 Å². The molecule has 1 aromatic carbocycles. The highest BCUT2D eigenvalue weighted by Crippen LogP contribution is 2.30. The Labute approximate surface area is 140 Å². The lowest BCUT2D eigenvalue weighted by Gasteiger charge is -2.31. The van der Waals surface area contributed by atoms with Crippen molar-refractivity contribution in [2.24, 2.45) is 0 Å². The number of anilines is 1. The summed E-state index contributed by atoms with van der Waals surface area (Å²) in [7, 11) is 0. The largest absolute Gasteiger partial charge is 0.388 e. The fourth-order valence-electron chi connectivity index (χ4n) is 3.32. The lowest BCUT2D eigenvalue weighted by Crippen LogP contribution is -2.29. The van der Waals surface area contributed by atoms with Crippen LogP contribution in [0.3, 0.4) is 0 Å². The SMILES string of the molecule is C=CCN(CC=C)CCC(O)c1ccc2c(c1)CCCN2CC. The number of hydrogen-bond donors (Lipinski definition) is 1. The van der Waals surface area contributed by atoms with Crippen LogP contribution in [0, 0.1) is 0 Å². The molecular weight excluding hydrogens is 284 g/mol. The Hall–Kier alpha value is -1.58. The van der Waals surface area contributed by atoms with Crippen molar-refractivity contribution in [3.05, 3.63) is 54.6 Å². The first-order chi connectivity index (χ1) is 11.2. The Balaban J connectivity index is 2.01. The van der Waals surface area contributed by atoms with E-state index in [-0.39, 0.29) is 0 Å². The summed E-state index contributed by atoms with van der Waals surface area (Å²) in [6.45, 7) is 14.5. The number of nitrogens with zero attached hydrogens (tertiary/aromatic N) is 2. The van der Waals surface area contributed by atoms with Crippen LogP contribution in [-0.4, -0.2) is 42.7 Å². The fourth-order valence-corrected chi connectivity index (χ4v) is 3.32. The van der Waals surface area contributed by atoms with Crippen LogP contribution < -0.4 is 4.90 Å². The molecule has 3 heteroatoms. The van der Waals surface area contributed by atoms with Gasteiger partial charge in [0.2, 0.25) is 0 Å². The number of aryl methyl sites for hydroxylation is 1. The van der Waals surface area contributed by atoms with Gasteiger partial charge in [-0.3, -0.25) is 4.90 Å². The van der Waals surface area contributed by atoms with E-state index in [1.165, 1.54) is 17.7 Å². The molecule has 0 fully saturated rings. The monoisotopic (exact) mass is 314 g/mol. The van der Waals surface area contributed by atoms with Gasteiger partial charge in [0.25, 0.3) is 0 Å². The second-order valence-electron chi connectivity index (χ2n) is 6.21. The predicted octanol–water partition coefficient (Wildman–Crippen LogP) is 3.56. The lowest BCUT2D eigenvalue weighted by molar-refractivity contribution is 0.148. The smallest absolute Gasteiger partial charge is 0.0802 e. The van der Waals surface area contributed by atoms with Gasteiger partial charge in [-0.2, -0.15) is 0 Å². The van der Waals surface area contributed by atoms with Crippen LogP contribution in [0.15, 0.2) is 43.5 Å². The van der Waals surface area contributed by atoms with E-state index >= 15 is 0 Å². The number of aliphatic hydroxyl groups is 1. The van der Waals surface area contributed by atoms with Gasteiger partial charge in [0.1, 0.15) is 0 Å². The van der Waals surface area contributed by atoms with E-state index in [2.05, 4.69) is 48.1 Å². The molecule has 0 bridgehead atoms. The summed E-state index contributed by atoms with van der Waals surface area (Å²) in [5.41, 5.74) is 3.76. The average molecular weight is 314 g/mol. The maximum Gasteiger partial charge on any atom is 0.0802 e. The number of aliphatic hydroxyl groups excluding tert-OH is 1. The zero-order valence-corrected chi connectivity index (χ0v) is 14.4. The number of hydrogen-bond acceptors (Lipinski definition) is 3. The van der Waals surface area contributed by atoms with Crippen molar-refractivity contribution < 1.29 is 5.11 Å². The first-order valence-electron chi connectivity index (χ1n) is 8.69. The maximum absolute atomic E-state index is 10.5. The molecule has 1 aromatic rings. The van der Waals surface area contributed by atoms with Gasteiger partial charge < -0.3 is 10.0 Å². The predicted molar refractivity (Wildman–Crippen MR) is 99.1 cm³/mol. The maximum atomic E-state index is 10.5. The van der Waals surface area contributed by atoms with E-state index in [0.29, 0.717) is 0 Å². The molecule has 0 spiro atoms.